The summed E-state index contributed by atoms with van der Waals surface area (Å²) in [6.07, 6.45) is 1.03. The molecule has 2 amide bonds. The monoisotopic (exact) mass is 467 g/mol. The maximum Gasteiger partial charge on any atom is 0.331 e. The summed E-state index contributed by atoms with van der Waals surface area (Å²) in [5, 5.41) is 14.8. The van der Waals surface area contributed by atoms with E-state index in [9.17, 15) is 14.4 Å². The fourth-order valence-electron chi connectivity index (χ4n) is 2.69. The van der Waals surface area contributed by atoms with Gasteiger partial charge in [-0.3, -0.25) is 9.59 Å². The van der Waals surface area contributed by atoms with E-state index in [0.29, 0.717) is 10.8 Å². The lowest BCUT2D eigenvalue weighted by molar-refractivity contribution is -0.132. The summed E-state index contributed by atoms with van der Waals surface area (Å²) >= 11 is 2.80. The zero-order valence-electron chi connectivity index (χ0n) is 17.4. The predicted molar refractivity (Wildman–Crippen MR) is 128 cm³/mol. The number of hydrogen-bond donors (Lipinski definition) is 3. The van der Waals surface area contributed by atoms with Crippen molar-refractivity contribution < 1.29 is 19.5 Å². The number of thiazole rings is 1. The summed E-state index contributed by atoms with van der Waals surface area (Å²) in [7, 11) is 0. The van der Waals surface area contributed by atoms with Gasteiger partial charge < -0.3 is 15.7 Å². The average Bonchev–Trinajstić information content (AvgIpc) is 3.13. The van der Waals surface area contributed by atoms with Crippen LogP contribution < -0.4 is 10.6 Å². The molecule has 0 saturated heterocycles. The number of thioether (sulfide) groups is 1. The minimum Gasteiger partial charge on any atom is -0.478 e. The van der Waals surface area contributed by atoms with Crippen molar-refractivity contribution in [1.82, 2.24) is 4.98 Å². The quantitative estimate of drug-likeness (QED) is 0.324. The van der Waals surface area contributed by atoms with E-state index in [-0.39, 0.29) is 17.2 Å². The molecule has 0 fully saturated rings. The number of carboxylic acids is 1. The highest BCUT2D eigenvalue weighted by Crippen LogP contribution is 2.30. The van der Waals surface area contributed by atoms with Gasteiger partial charge in [-0.1, -0.05) is 30.3 Å². The van der Waals surface area contributed by atoms with E-state index in [1.165, 1.54) is 30.0 Å². The maximum absolute atomic E-state index is 12.3. The number of aliphatic carboxylic acids is 1. The van der Waals surface area contributed by atoms with Crippen LogP contribution in [0.4, 0.5) is 10.8 Å². The molecular weight excluding hydrogens is 446 g/mol. The predicted octanol–water partition coefficient (Wildman–Crippen LogP) is 4.82. The van der Waals surface area contributed by atoms with Crippen molar-refractivity contribution in [2.75, 3.05) is 16.4 Å². The molecule has 3 aromatic rings. The number of benzene rings is 2. The van der Waals surface area contributed by atoms with Crippen LogP contribution in [0, 0.1) is 6.92 Å². The highest BCUT2D eigenvalue weighted by atomic mass is 32.2. The summed E-state index contributed by atoms with van der Waals surface area (Å²) < 4.78 is 0. The number of rotatable bonds is 8. The Hall–Kier alpha value is -3.43. The van der Waals surface area contributed by atoms with Gasteiger partial charge in [0.2, 0.25) is 11.8 Å². The molecule has 2 aromatic carbocycles. The third kappa shape index (κ3) is 6.53. The molecule has 164 valence electrons. The molecule has 9 heteroatoms. The van der Waals surface area contributed by atoms with Crippen molar-refractivity contribution in [2.24, 2.45) is 0 Å². The Kier molecular flexibility index (Phi) is 7.80. The summed E-state index contributed by atoms with van der Waals surface area (Å²) in [5.41, 5.74) is 2.36. The minimum atomic E-state index is -1.14. The van der Waals surface area contributed by atoms with E-state index in [1.807, 2.05) is 37.3 Å². The molecular formula is C23H21N3O4S2. The van der Waals surface area contributed by atoms with Gasteiger partial charge in [-0.05, 0) is 38.1 Å². The van der Waals surface area contributed by atoms with E-state index in [4.69, 9.17) is 5.11 Å². The van der Waals surface area contributed by atoms with Crippen molar-refractivity contribution in [3.8, 4) is 11.3 Å². The number of aryl methyl sites for hydroxylation is 1. The largest absolute Gasteiger partial charge is 0.478 e. The summed E-state index contributed by atoms with van der Waals surface area (Å²) in [4.78, 5) is 41.3. The Morgan fingerprint density at radius 3 is 2.41 bits per heavy atom. The van der Waals surface area contributed by atoms with Gasteiger partial charge in [0, 0.05) is 32.7 Å². The van der Waals surface area contributed by atoms with Crippen molar-refractivity contribution in [2.45, 2.75) is 18.7 Å². The van der Waals surface area contributed by atoms with Crippen molar-refractivity contribution >= 4 is 51.7 Å². The Bertz CT molecular complexity index is 1160. The number of amides is 2. The molecule has 0 unspecified atom stereocenters. The average molecular weight is 468 g/mol. The Labute approximate surface area is 193 Å². The van der Waals surface area contributed by atoms with Crippen molar-refractivity contribution in [3.63, 3.8) is 0 Å². The molecule has 3 N–H and O–H groups in total. The molecule has 3 rings (SSSR count). The third-order valence-electron chi connectivity index (χ3n) is 4.27. The number of nitrogens with one attached hydrogen (secondary N) is 2. The first-order valence-corrected chi connectivity index (χ1v) is 11.4. The first kappa shape index (κ1) is 23.2. The van der Waals surface area contributed by atoms with Crippen molar-refractivity contribution in [3.05, 3.63) is 71.1 Å². The van der Waals surface area contributed by atoms with Crippen LogP contribution >= 0.6 is 23.1 Å². The number of carbonyl (C=O) groups excluding carboxylic acids is 2. The van der Waals surface area contributed by atoms with Gasteiger partial charge in [0.15, 0.2) is 5.13 Å². The van der Waals surface area contributed by atoms with Gasteiger partial charge in [0.05, 0.1) is 11.4 Å². The second-order valence-corrected chi connectivity index (χ2v) is 9.02. The molecule has 0 saturated carbocycles. The number of nitrogens with zero attached hydrogens (tertiary/aromatic N) is 1. The Balaban J connectivity index is 1.52. The van der Waals surface area contributed by atoms with Crippen LogP contribution in [-0.2, 0) is 14.4 Å². The summed E-state index contributed by atoms with van der Waals surface area (Å²) in [5.74, 6) is -1.60. The normalized spacial score (nSPS) is 11.1. The highest BCUT2D eigenvalue weighted by molar-refractivity contribution is 8.00. The smallest absolute Gasteiger partial charge is 0.331 e. The molecule has 0 aliphatic heterocycles. The van der Waals surface area contributed by atoms with Gasteiger partial charge >= 0.3 is 5.97 Å². The van der Waals surface area contributed by atoms with Crippen LogP contribution in [0.15, 0.2) is 71.1 Å². The lowest BCUT2D eigenvalue weighted by atomic mass is 10.1. The van der Waals surface area contributed by atoms with Gasteiger partial charge in [-0.15, -0.1) is 23.1 Å². The van der Waals surface area contributed by atoms with Crippen LogP contribution in [0.5, 0.6) is 0 Å². The van der Waals surface area contributed by atoms with Gasteiger partial charge in [0.1, 0.15) is 0 Å². The van der Waals surface area contributed by atoms with E-state index in [0.717, 1.165) is 27.1 Å². The number of carbonyl (C=O) groups is 3. The fraction of sp³-hybridized carbons (Fsp3) is 0.130. The van der Waals surface area contributed by atoms with Gasteiger partial charge in [-0.2, -0.15) is 0 Å². The molecule has 0 radical (unpaired) electrons. The van der Waals surface area contributed by atoms with Crippen LogP contribution in [0.2, 0.25) is 0 Å². The molecule has 0 atom stereocenters. The zero-order valence-corrected chi connectivity index (χ0v) is 19.0. The van der Waals surface area contributed by atoms with Crippen LogP contribution in [-0.4, -0.2) is 33.6 Å². The first-order chi connectivity index (χ1) is 15.3. The molecule has 7 nitrogen and oxygen atoms in total. The molecule has 1 aromatic heterocycles. The van der Waals surface area contributed by atoms with Crippen molar-refractivity contribution in [1.29, 1.82) is 0 Å². The van der Waals surface area contributed by atoms with E-state index < -0.39 is 11.9 Å². The number of anilines is 2. The number of carboxylic acid groups (broad SMARTS) is 1. The van der Waals surface area contributed by atoms with E-state index in [1.54, 1.807) is 24.3 Å². The summed E-state index contributed by atoms with van der Waals surface area (Å²) in [6, 6.07) is 16.8. The molecule has 0 bridgehead atoms. The standard InChI is InChI=1S/C23H21N3O4S2/c1-14(22(29)30)12-19(27)24-17-8-10-18(11-9-17)31-13-20(28)25-23-26-21(15(2)32-23)16-6-4-3-5-7-16/h3-12H,13H2,1-2H3,(H,24,27)(H,29,30)(H,25,26,28)/b14-12+. The lowest BCUT2D eigenvalue weighted by Crippen LogP contribution is -2.13. The third-order valence-corrected chi connectivity index (χ3v) is 6.17. The molecule has 0 aliphatic rings. The fourth-order valence-corrected chi connectivity index (χ4v) is 4.24. The Morgan fingerprint density at radius 1 is 1.06 bits per heavy atom. The minimum absolute atomic E-state index is 0.0491. The van der Waals surface area contributed by atoms with Crippen LogP contribution in [0.1, 0.15) is 11.8 Å². The van der Waals surface area contributed by atoms with Crippen LogP contribution in [0.3, 0.4) is 0 Å². The SMILES string of the molecule is C/C(=C\C(=O)Nc1ccc(SCC(=O)Nc2nc(-c3ccccc3)c(C)s2)cc1)C(=O)O. The Morgan fingerprint density at radius 2 is 1.75 bits per heavy atom. The number of aromatic nitrogens is 1. The van der Waals surface area contributed by atoms with Gasteiger partial charge in [-0.25, -0.2) is 9.78 Å². The zero-order chi connectivity index (χ0) is 23.1. The topological polar surface area (TPSA) is 108 Å². The maximum atomic E-state index is 12.3. The first-order valence-electron chi connectivity index (χ1n) is 9.60. The number of hydrogen-bond acceptors (Lipinski definition) is 6. The summed E-state index contributed by atoms with van der Waals surface area (Å²) in [6.45, 7) is 3.33. The highest BCUT2D eigenvalue weighted by Gasteiger charge is 2.12. The van der Waals surface area contributed by atoms with Gasteiger partial charge in [0.25, 0.3) is 0 Å². The van der Waals surface area contributed by atoms with E-state index >= 15 is 0 Å². The molecule has 32 heavy (non-hydrogen) atoms. The second-order valence-electron chi connectivity index (χ2n) is 6.77. The van der Waals surface area contributed by atoms with Crippen LogP contribution in [0.25, 0.3) is 11.3 Å². The second kappa shape index (κ2) is 10.7. The van der Waals surface area contributed by atoms with E-state index in [2.05, 4.69) is 15.6 Å². The lowest BCUT2D eigenvalue weighted by Gasteiger charge is -2.05. The molecule has 0 aliphatic carbocycles. The molecule has 1 heterocycles. The molecule has 0 spiro atoms.